The summed E-state index contributed by atoms with van der Waals surface area (Å²) in [4.78, 5) is 48.0. The molecule has 3 rings (SSSR count). The van der Waals surface area contributed by atoms with Gasteiger partial charge in [-0.1, -0.05) is 6.42 Å². The van der Waals surface area contributed by atoms with Crippen LogP contribution in [0.2, 0.25) is 0 Å². The number of esters is 3. The molecule has 28 heavy (non-hydrogen) atoms. The van der Waals surface area contributed by atoms with E-state index in [9.17, 15) is 19.2 Å². The quantitative estimate of drug-likeness (QED) is 0.587. The van der Waals surface area contributed by atoms with Crippen molar-refractivity contribution in [3.8, 4) is 0 Å². The smallest absolute Gasteiger partial charge is 0.337 e. The highest BCUT2D eigenvalue weighted by Gasteiger charge is 2.44. The van der Waals surface area contributed by atoms with E-state index in [-0.39, 0.29) is 28.7 Å². The number of carbonyl (C=O) groups is 4. The molecule has 1 amide bonds. The molecule has 2 saturated carbocycles. The molecule has 2 aliphatic carbocycles. The van der Waals surface area contributed by atoms with E-state index in [1.165, 1.54) is 38.8 Å². The average Bonchev–Trinajstić information content (AvgIpc) is 3.34. The summed E-state index contributed by atoms with van der Waals surface area (Å²) in [6.07, 6.45) is 4.14. The van der Waals surface area contributed by atoms with Crippen LogP contribution >= 0.6 is 0 Å². The van der Waals surface area contributed by atoms with Crippen LogP contribution in [0, 0.1) is 17.8 Å². The average molecular weight is 389 g/mol. The number of fused-ring (bicyclic) bond motifs is 2. The van der Waals surface area contributed by atoms with Gasteiger partial charge in [-0.05, 0) is 49.3 Å². The second-order valence-electron chi connectivity index (χ2n) is 7.22. The predicted octanol–water partition coefficient (Wildman–Crippen LogP) is 2.18. The molecule has 2 bridgehead atoms. The molecule has 8 nitrogen and oxygen atoms in total. The van der Waals surface area contributed by atoms with Crippen molar-refractivity contribution in [2.75, 3.05) is 26.1 Å². The maximum Gasteiger partial charge on any atom is 0.337 e. The number of hydrogen-bond donors (Lipinski definition) is 1. The van der Waals surface area contributed by atoms with E-state index in [1.807, 2.05) is 0 Å². The van der Waals surface area contributed by atoms with E-state index in [2.05, 4.69) is 14.8 Å². The van der Waals surface area contributed by atoms with Gasteiger partial charge < -0.3 is 19.5 Å². The molecule has 2 aliphatic rings. The molecule has 0 aliphatic heterocycles. The summed E-state index contributed by atoms with van der Waals surface area (Å²) in [6, 6.07) is 4.05. The first-order valence-electron chi connectivity index (χ1n) is 9.19. The highest BCUT2D eigenvalue weighted by atomic mass is 16.5. The van der Waals surface area contributed by atoms with Crippen molar-refractivity contribution < 1.29 is 33.4 Å². The van der Waals surface area contributed by atoms with Crippen LogP contribution in [-0.2, 0) is 23.8 Å². The zero-order valence-electron chi connectivity index (χ0n) is 15.9. The Labute approximate surface area is 162 Å². The minimum Gasteiger partial charge on any atom is -0.465 e. The first kappa shape index (κ1) is 19.9. The van der Waals surface area contributed by atoms with Crippen LogP contribution in [0.1, 0.15) is 46.4 Å². The largest absolute Gasteiger partial charge is 0.465 e. The van der Waals surface area contributed by atoms with Crippen LogP contribution in [0.5, 0.6) is 0 Å². The second kappa shape index (κ2) is 8.41. The van der Waals surface area contributed by atoms with Gasteiger partial charge in [0.05, 0.1) is 31.3 Å². The minimum atomic E-state index is -0.663. The lowest BCUT2D eigenvalue weighted by molar-refractivity contribution is -0.153. The Bertz CT molecular complexity index is 769. The molecule has 8 heteroatoms. The van der Waals surface area contributed by atoms with Crippen molar-refractivity contribution >= 4 is 29.5 Å². The Morgan fingerprint density at radius 3 is 2.11 bits per heavy atom. The molecule has 1 N–H and O–H groups in total. The standard InChI is InChI=1S/C20H23NO7/c1-26-18(23)13-7-14(19(24)27-2)9-15(8-13)21-17(22)10-28-20(25)16-6-11-3-4-12(16)5-11/h7-9,11-12,16H,3-6,10H2,1-2H3,(H,21,22). The number of rotatable bonds is 6. The summed E-state index contributed by atoms with van der Waals surface area (Å²) in [5.74, 6) is -1.35. The van der Waals surface area contributed by atoms with Crippen LogP contribution in [-0.4, -0.2) is 44.6 Å². The van der Waals surface area contributed by atoms with Gasteiger partial charge in [-0.25, -0.2) is 9.59 Å². The van der Waals surface area contributed by atoms with Gasteiger partial charge in [0.2, 0.25) is 0 Å². The highest BCUT2D eigenvalue weighted by molar-refractivity contribution is 6.00. The SMILES string of the molecule is COC(=O)c1cc(NC(=O)COC(=O)C2CC3CCC2C3)cc(C(=O)OC)c1. The van der Waals surface area contributed by atoms with E-state index in [4.69, 9.17) is 4.74 Å². The summed E-state index contributed by atoms with van der Waals surface area (Å²) in [5, 5.41) is 2.53. The van der Waals surface area contributed by atoms with Gasteiger partial charge in [0.1, 0.15) is 0 Å². The normalized spacial score (nSPS) is 22.4. The Morgan fingerprint density at radius 2 is 1.61 bits per heavy atom. The van der Waals surface area contributed by atoms with Crippen molar-refractivity contribution in [2.24, 2.45) is 17.8 Å². The van der Waals surface area contributed by atoms with Crippen molar-refractivity contribution in [1.29, 1.82) is 0 Å². The van der Waals surface area contributed by atoms with Crippen LogP contribution in [0.15, 0.2) is 18.2 Å². The molecular formula is C20H23NO7. The molecule has 3 unspecified atom stereocenters. The molecule has 150 valence electrons. The van der Waals surface area contributed by atoms with Gasteiger partial charge in [-0.3, -0.25) is 9.59 Å². The molecule has 3 atom stereocenters. The molecule has 1 aromatic rings. The lowest BCUT2D eigenvalue weighted by atomic mass is 9.89. The zero-order valence-corrected chi connectivity index (χ0v) is 15.9. The molecule has 0 saturated heterocycles. The molecule has 0 spiro atoms. The zero-order chi connectivity index (χ0) is 20.3. The van der Waals surface area contributed by atoms with Gasteiger partial charge >= 0.3 is 17.9 Å². The van der Waals surface area contributed by atoms with Gasteiger partial charge in [-0.15, -0.1) is 0 Å². The number of carbonyl (C=O) groups excluding carboxylic acids is 4. The van der Waals surface area contributed by atoms with Crippen molar-refractivity contribution in [2.45, 2.75) is 25.7 Å². The van der Waals surface area contributed by atoms with E-state index in [1.54, 1.807) is 0 Å². The molecular weight excluding hydrogens is 366 g/mol. The fourth-order valence-electron chi connectivity index (χ4n) is 4.15. The number of hydrogen-bond acceptors (Lipinski definition) is 7. The number of amides is 1. The summed E-state index contributed by atoms with van der Waals surface area (Å²) in [7, 11) is 2.42. The maximum absolute atomic E-state index is 12.2. The van der Waals surface area contributed by atoms with Crippen LogP contribution in [0.3, 0.4) is 0 Å². The van der Waals surface area contributed by atoms with Crippen LogP contribution < -0.4 is 5.32 Å². The van der Waals surface area contributed by atoms with Crippen LogP contribution in [0.25, 0.3) is 0 Å². The minimum absolute atomic E-state index is 0.0830. The van der Waals surface area contributed by atoms with Gasteiger partial charge in [0, 0.05) is 5.69 Å². The highest BCUT2D eigenvalue weighted by Crippen LogP contribution is 2.48. The van der Waals surface area contributed by atoms with Crippen LogP contribution in [0.4, 0.5) is 5.69 Å². The van der Waals surface area contributed by atoms with Gasteiger partial charge in [0.25, 0.3) is 5.91 Å². The second-order valence-corrected chi connectivity index (χ2v) is 7.22. The summed E-state index contributed by atoms with van der Waals surface area (Å²) >= 11 is 0. The Morgan fingerprint density at radius 1 is 0.964 bits per heavy atom. The van der Waals surface area contributed by atoms with Crippen molar-refractivity contribution in [3.05, 3.63) is 29.3 Å². The number of anilines is 1. The van der Waals surface area contributed by atoms with Crippen molar-refractivity contribution in [3.63, 3.8) is 0 Å². The lowest BCUT2D eigenvalue weighted by Crippen LogP contribution is -2.27. The summed E-state index contributed by atoms with van der Waals surface area (Å²) in [5.41, 5.74) is 0.364. The topological polar surface area (TPSA) is 108 Å². The molecule has 0 heterocycles. The lowest BCUT2D eigenvalue weighted by Gasteiger charge is -2.19. The Kier molecular flexibility index (Phi) is 5.96. The first-order valence-corrected chi connectivity index (χ1v) is 9.19. The van der Waals surface area contributed by atoms with E-state index in [0.717, 1.165) is 19.3 Å². The van der Waals surface area contributed by atoms with E-state index >= 15 is 0 Å². The maximum atomic E-state index is 12.2. The molecule has 1 aromatic carbocycles. The van der Waals surface area contributed by atoms with Crippen molar-refractivity contribution in [1.82, 2.24) is 0 Å². The fraction of sp³-hybridized carbons (Fsp3) is 0.500. The third kappa shape index (κ3) is 4.32. The summed E-state index contributed by atoms with van der Waals surface area (Å²) in [6.45, 7) is -0.428. The Balaban J connectivity index is 1.61. The van der Waals surface area contributed by atoms with Gasteiger partial charge in [-0.2, -0.15) is 0 Å². The monoisotopic (exact) mass is 389 g/mol. The Hall–Kier alpha value is -2.90. The van der Waals surface area contributed by atoms with E-state index in [0.29, 0.717) is 11.8 Å². The molecule has 0 radical (unpaired) electrons. The van der Waals surface area contributed by atoms with Gasteiger partial charge in [0.15, 0.2) is 6.61 Å². The molecule has 0 aromatic heterocycles. The third-order valence-corrected chi connectivity index (χ3v) is 5.45. The number of methoxy groups -OCH3 is 2. The fourth-order valence-corrected chi connectivity index (χ4v) is 4.15. The molecule has 2 fully saturated rings. The first-order chi connectivity index (χ1) is 13.4. The number of nitrogens with one attached hydrogen (secondary N) is 1. The third-order valence-electron chi connectivity index (χ3n) is 5.45. The van der Waals surface area contributed by atoms with E-state index < -0.39 is 24.5 Å². The summed E-state index contributed by atoms with van der Waals surface area (Å²) < 4.78 is 14.5. The predicted molar refractivity (Wildman–Crippen MR) is 97.6 cm³/mol. The number of ether oxygens (including phenoxy) is 3. The number of benzene rings is 1.